The second-order valence-electron chi connectivity index (χ2n) is 4.87. The number of rotatable bonds is 8. The lowest BCUT2D eigenvalue weighted by atomic mass is 10.1. The molecule has 0 saturated heterocycles. The summed E-state index contributed by atoms with van der Waals surface area (Å²) in [6, 6.07) is 8.90. The Bertz CT molecular complexity index is 455. The zero-order chi connectivity index (χ0) is 14.8. The number of benzene rings is 1. The average molecular weight is 270 g/mol. The van der Waals surface area contributed by atoms with Crippen LogP contribution in [0.3, 0.4) is 0 Å². The van der Waals surface area contributed by atoms with Crippen LogP contribution in [0.25, 0.3) is 6.08 Å². The standard InChI is InChI=1S/C18H26N2/c1-5-6-7-8-17-9-11-18(12-10-17)16(3)20-15(2)13-14-19-4/h7-14,16,19-20H,2,5-6H2,1,3-4H3/b8-7+,14-13-. The Balaban J connectivity index is 2.59. The largest absolute Gasteiger partial charge is 0.394 e. The molecule has 0 aromatic heterocycles. The molecule has 0 amide bonds. The van der Waals surface area contributed by atoms with Crippen molar-refractivity contribution in [2.75, 3.05) is 7.05 Å². The first kappa shape index (κ1) is 16.1. The molecule has 0 spiro atoms. The van der Waals surface area contributed by atoms with Gasteiger partial charge in [0.1, 0.15) is 0 Å². The summed E-state index contributed by atoms with van der Waals surface area (Å²) in [6.07, 6.45) is 10.5. The molecule has 0 saturated carbocycles. The smallest absolute Gasteiger partial charge is 0.0485 e. The lowest BCUT2D eigenvalue weighted by Crippen LogP contribution is -2.16. The Morgan fingerprint density at radius 3 is 2.60 bits per heavy atom. The van der Waals surface area contributed by atoms with E-state index in [2.05, 4.69) is 67.5 Å². The van der Waals surface area contributed by atoms with Gasteiger partial charge in [0.2, 0.25) is 0 Å². The SMILES string of the molecule is C=C(/C=C\NC)NC(C)c1ccc(/C=C/CCC)cc1. The Labute approximate surface area is 123 Å². The van der Waals surface area contributed by atoms with Crippen LogP contribution in [0.2, 0.25) is 0 Å². The van der Waals surface area contributed by atoms with Crippen LogP contribution in [0, 0.1) is 0 Å². The van der Waals surface area contributed by atoms with Crippen LogP contribution in [-0.2, 0) is 0 Å². The lowest BCUT2D eigenvalue weighted by Gasteiger charge is -2.16. The molecule has 0 aliphatic carbocycles. The zero-order valence-electron chi connectivity index (χ0n) is 12.8. The van der Waals surface area contributed by atoms with Gasteiger partial charge >= 0.3 is 0 Å². The van der Waals surface area contributed by atoms with Crippen molar-refractivity contribution < 1.29 is 0 Å². The first-order valence-corrected chi connectivity index (χ1v) is 7.23. The summed E-state index contributed by atoms with van der Waals surface area (Å²) in [5, 5.41) is 6.32. The number of hydrogen-bond donors (Lipinski definition) is 2. The summed E-state index contributed by atoms with van der Waals surface area (Å²) in [5.74, 6) is 0. The minimum atomic E-state index is 0.248. The Morgan fingerprint density at radius 2 is 2.00 bits per heavy atom. The van der Waals surface area contributed by atoms with Crippen molar-refractivity contribution in [3.05, 3.63) is 66.0 Å². The maximum absolute atomic E-state index is 3.98. The van der Waals surface area contributed by atoms with E-state index in [1.807, 2.05) is 19.3 Å². The maximum atomic E-state index is 3.98. The van der Waals surface area contributed by atoms with Gasteiger partial charge in [0.05, 0.1) is 0 Å². The molecule has 2 N–H and O–H groups in total. The third-order valence-electron chi connectivity index (χ3n) is 3.06. The molecule has 1 aromatic carbocycles. The highest BCUT2D eigenvalue weighted by Gasteiger charge is 2.04. The van der Waals surface area contributed by atoms with Gasteiger partial charge < -0.3 is 10.6 Å². The van der Waals surface area contributed by atoms with Gasteiger partial charge in [-0.2, -0.15) is 0 Å². The van der Waals surface area contributed by atoms with Crippen LogP contribution >= 0.6 is 0 Å². The quantitative estimate of drug-likeness (QED) is 0.684. The lowest BCUT2D eigenvalue weighted by molar-refractivity contribution is 0.666. The minimum absolute atomic E-state index is 0.248. The van der Waals surface area contributed by atoms with E-state index >= 15 is 0 Å². The van der Waals surface area contributed by atoms with Crippen molar-refractivity contribution in [3.63, 3.8) is 0 Å². The van der Waals surface area contributed by atoms with Gasteiger partial charge in [0.25, 0.3) is 0 Å². The zero-order valence-corrected chi connectivity index (χ0v) is 12.8. The highest BCUT2D eigenvalue weighted by atomic mass is 14.9. The summed E-state index contributed by atoms with van der Waals surface area (Å²) in [5.41, 5.74) is 3.42. The molecule has 0 aliphatic rings. The van der Waals surface area contributed by atoms with Crippen LogP contribution in [0.4, 0.5) is 0 Å². The molecule has 0 radical (unpaired) electrons. The fourth-order valence-electron chi connectivity index (χ4n) is 1.88. The Morgan fingerprint density at radius 1 is 1.30 bits per heavy atom. The second-order valence-corrected chi connectivity index (χ2v) is 4.87. The topological polar surface area (TPSA) is 24.1 Å². The van der Waals surface area contributed by atoms with Crippen molar-refractivity contribution in [2.45, 2.75) is 32.7 Å². The van der Waals surface area contributed by atoms with Crippen LogP contribution in [0.5, 0.6) is 0 Å². The first-order valence-electron chi connectivity index (χ1n) is 7.23. The predicted molar refractivity (Wildman–Crippen MR) is 89.3 cm³/mol. The monoisotopic (exact) mass is 270 g/mol. The molecule has 2 nitrogen and oxygen atoms in total. The number of unbranched alkanes of at least 4 members (excludes halogenated alkanes) is 1. The van der Waals surface area contributed by atoms with Crippen LogP contribution < -0.4 is 10.6 Å². The highest BCUT2D eigenvalue weighted by molar-refractivity contribution is 5.49. The van der Waals surface area contributed by atoms with E-state index < -0.39 is 0 Å². The molecule has 2 heteroatoms. The average Bonchev–Trinajstić information content (AvgIpc) is 2.46. The van der Waals surface area contributed by atoms with Crippen LogP contribution in [0.15, 0.2) is 54.9 Å². The van der Waals surface area contributed by atoms with Crippen molar-refractivity contribution in [2.24, 2.45) is 0 Å². The van der Waals surface area contributed by atoms with Crippen LogP contribution in [-0.4, -0.2) is 7.05 Å². The Kier molecular flexibility index (Phi) is 7.26. The van der Waals surface area contributed by atoms with Gasteiger partial charge in [-0.1, -0.05) is 56.3 Å². The molecule has 0 heterocycles. The summed E-state index contributed by atoms with van der Waals surface area (Å²) >= 11 is 0. The molecular formula is C18H26N2. The fraction of sp³-hybridized carbons (Fsp3) is 0.333. The van der Waals surface area contributed by atoms with Crippen molar-refractivity contribution in [3.8, 4) is 0 Å². The molecule has 1 unspecified atom stereocenters. The van der Waals surface area contributed by atoms with E-state index in [4.69, 9.17) is 0 Å². The van der Waals surface area contributed by atoms with E-state index in [-0.39, 0.29) is 6.04 Å². The molecule has 0 bridgehead atoms. The highest BCUT2D eigenvalue weighted by Crippen LogP contribution is 2.15. The van der Waals surface area contributed by atoms with Gasteiger partial charge in [0, 0.05) is 18.8 Å². The van der Waals surface area contributed by atoms with Crippen molar-refractivity contribution in [1.82, 2.24) is 10.6 Å². The summed E-state index contributed by atoms with van der Waals surface area (Å²) in [6.45, 7) is 8.31. The van der Waals surface area contributed by atoms with Crippen LogP contribution in [0.1, 0.15) is 43.9 Å². The summed E-state index contributed by atoms with van der Waals surface area (Å²) < 4.78 is 0. The van der Waals surface area contributed by atoms with E-state index in [0.29, 0.717) is 0 Å². The minimum Gasteiger partial charge on any atom is -0.394 e. The molecule has 0 fully saturated rings. The molecular weight excluding hydrogens is 244 g/mol. The van der Waals surface area contributed by atoms with Gasteiger partial charge in [-0.05, 0) is 36.7 Å². The van der Waals surface area contributed by atoms with Gasteiger partial charge in [-0.3, -0.25) is 0 Å². The van der Waals surface area contributed by atoms with Crippen molar-refractivity contribution >= 4 is 6.08 Å². The fourth-order valence-corrected chi connectivity index (χ4v) is 1.88. The Hall–Kier alpha value is -1.96. The first-order chi connectivity index (χ1) is 9.67. The third-order valence-corrected chi connectivity index (χ3v) is 3.06. The number of allylic oxidation sites excluding steroid dienone is 2. The van der Waals surface area contributed by atoms with Gasteiger partial charge in [-0.25, -0.2) is 0 Å². The molecule has 20 heavy (non-hydrogen) atoms. The predicted octanol–water partition coefficient (Wildman–Crippen LogP) is 4.40. The molecule has 108 valence electrons. The normalized spacial score (nSPS) is 12.8. The van der Waals surface area contributed by atoms with E-state index in [1.54, 1.807) is 0 Å². The molecule has 1 rings (SSSR count). The summed E-state index contributed by atoms with van der Waals surface area (Å²) in [7, 11) is 1.87. The molecule has 0 aliphatic heterocycles. The van der Waals surface area contributed by atoms with Crippen molar-refractivity contribution in [1.29, 1.82) is 0 Å². The second kappa shape index (κ2) is 9.03. The number of hydrogen-bond acceptors (Lipinski definition) is 2. The van der Waals surface area contributed by atoms with E-state index in [0.717, 1.165) is 12.1 Å². The number of nitrogens with one attached hydrogen (secondary N) is 2. The van der Waals surface area contributed by atoms with Gasteiger partial charge in [0.15, 0.2) is 0 Å². The summed E-state index contributed by atoms with van der Waals surface area (Å²) in [4.78, 5) is 0. The molecule has 1 aromatic rings. The third kappa shape index (κ3) is 5.79. The van der Waals surface area contributed by atoms with E-state index in [1.165, 1.54) is 17.5 Å². The van der Waals surface area contributed by atoms with Gasteiger partial charge in [-0.15, -0.1) is 0 Å². The molecule has 1 atom stereocenters. The maximum Gasteiger partial charge on any atom is 0.0485 e. The van der Waals surface area contributed by atoms with E-state index in [9.17, 15) is 0 Å².